The fourth-order valence-corrected chi connectivity index (χ4v) is 2.03. The van der Waals surface area contributed by atoms with Crippen LogP contribution in [0.3, 0.4) is 0 Å². The van der Waals surface area contributed by atoms with E-state index in [1.807, 2.05) is 19.2 Å². The predicted molar refractivity (Wildman–Crippen MR) is 62.5 cm³/mol. The summed E-state index contributed by atoms with van der Waals surface area (Å²) in [5, 5.41) is 11.9. The van der Waals surface area contributed by atoms with Gasteiger partial charge < -0.3 is 10.4 Å². The third kappa shape index (κ3) is 2.07. The van der Waals surface area contributed by atoms with Crippen LogP contribution in [0.25, 0.3) is 0 Å². The Kier molecular flexibility index (Phi) is 3.21. The van der Waals surface area contributed by atoms with Crippen molar-refractivity contribution in [3.05, 3.63) is 29.3 Å². The molecular weight excluding hydrogens is 220 g/mol. The summed E-state index contributed by atoms with van der Waals surface area (Å²) in [5.74, 6) is -0.851. The molecule has 1 aromatic carbocycles. The van der Waals surface area contributed by atoms with Gasteiger partial charge in [0.25, 0.3) is 5.91 Å². The van der Waals surface area contributed by atoms with Gasteiger partial charge in [0.15, 0.2) is 0 Å². The smallest absolute Gasteiger partial charge is 0.259 e. The van der Waals surface area contributed by atoms with Gasteiger partial charge >= 0.3 is 0 Å². The van der Waals surface area contributed by atoms with Gasteiger partial charge in [0.2, 0.25) is 5.91 Å². The van der Waals surface area contributed by atoms with E-state index in [4.69, 9.17) is 5.11 Å². The normalized spacial score (nSPS) is 14.0. The lowest BCUT2D eigenvalue weighted by molar-refractivity contribution is -0.127. The van der Waals surface area contributed by atoms with E-state index in [2.05, 4.69) is 5.32 Å². The minimum atomic E-state index is -0.649. The van der Waals surface area contributed by atoms with Crippen LogP contribution in [0.2, 0.25) is 0 Å². The van der Waals surface area contributed by atoms with E-state index in [1.165, 1.54) is 0 Å². The average Bonchev–Trinajstić information content (AvgIpc) is 2.64. The molecule has 0 saturated carbocycles. The quantitative estimate of drug-likeness (QED) is 0.761. The lowest BCUT2D eigenvalue weighted by atomic mass is 10.1. The molecule has 0 bridgehead atoms. The molecule has 90 valence electrons. The van der Waals surface area contributed by atoms with Crippen LogP contribution in [0.15, 0.2) is 18.2 Å². The number of nitrogens with zero attached hydrogens (tertiary/aromatic N) is 1. The minimum absolute atomic E-state index is 0.221. The van der Waals surface area contributed by atoms with Crippen molar-refractivity contribution in [2.24, 2.45) is 0 Å². The van der Waals surface area contributed by atoms with E-state index in [-0.39, 0.29) is 12.3 Å². The van der Waals surface area contributed by atoms with Gasteiger partial charge in [-0.3, -0.25) is 9.59 Å². The zero-order valence-electron chi connectivity index (χ0n) is 9.56. The molecule has 2 rings (SSSR count). The summed E-state index contributed by atoms with van der Waals surface area (Å²) in [5.41, 5.74) is 2.50. The Hall–Kier alpha value is -1.72. The first-order chi connectivity index (χ1) is 8.17. The van der Waals surface area contributed by atoms with Crippen LogP contribution in [-0.4, -0.2) is 30.6 Å². The molecule has 5 nitrogen and oxygen atoms in total. The summed E-state index contributed by atoms with van der Waals surface area (Å²) < 4.78 is 0. The summed E-state index contributed by atoms with van der Waals surface area (Å²) in [6, 6.07) is 5.53. The lowest BCUT2D eigenvalue weighted by Gasteiger charge is -2.14. The van der Waals surface area contributed by atoms with Crippen LogP contribution in [0, 0.1) is 0 Å². The standard InChI is InChI=1S/C12H14N2O3/c1-13-6-8-2-3-10-9(4-8)5-11(16)14(10)12(17)7-15/h2-4,13,15H,5-7H2,1H3. The molecule has 2 amide bonds. The Bertz CT molecular complexity index is 471. The Balaban J connectivity index is 2.35. The largest absolute Gasteiger partial charge is 0.387 e. The summed E-state index contributed by atoms with van der Waals surface area (Å²) in [7, 11) is 1.85. The second-order valence-electron chi connectivity index (χ2n) is 3.95. The molecule has 2 N–H and O–H groups in total. The van der Waals surface area contributed by atoms with E-state index >= 15 is 0 Å². The molecule has 0 radical (unpaired) electrons. The summed E-state index contributed by atoms with van der Waals surface area (Å²) in [4.78, 5) is 24.2. The average molecular weight is 234 g/mol. The second kappa shape index (κ2) is 4.65. The van der Waals surface area contributed by atoms with Crippen molar-refractivity contribution in [3.8, 4) is 0 Å². The number of aliphatic hydroxyl groups is 1. The van der Waals surface area contributed by atoms with Crippen molar-refractivity contribution in [1.29, 1.82) is 0 Å². The molecule has 1 heterocycles. The van der Waals surface area contributed by atoms with Gasteiger partial charge in [-0.2, -0.15) is 0 Å². The molecule has 0 fully saturated rings. The van der Waals surface area contributed by atoms with Gasteiger partial charge in [-0.25, -0.2) is 4.90 Å². The monoisotopic (exact) mass is 234 g/mol. The molecule has 1 aliphatic heterocycles. The Morgan fingerprint density at radius 2 is 2.29 bits per heavy atom. The van der Waals surface area contributed by atoms with Crippen molar-refractivity contribution in [3.63, 3.8) is 0 Å². The van der Waals surface area contributed by atoms with E-state index in [0.717, 1.165) is 22.6 Å². The number of benzene rings is 1. The molecule has 0 spiro atoms. The van der Waals surface area contributed by atoms with Gasteiger partial charge in [-0.1, -0.05) is 12.1 Å². The third-order valence-electron chi connectivity index (χ3n) is 2.74. The number of hydrogen-bond donors (Lipinski definition) is 2. The molecule has 1 aliphatic rings. The number of nitrogens with one attached hydrogen (secondary N) is 1. The first-order valence-corrected chi connectivity index (χ1v) is 5.40. The number of carbonyl (C=O) groups excluding carboxylic acids is 2. The summed E-state index contributed by atoms with van der Waals surface area (Å²) in [6.07, 6.45) is 0.221. The number of imide groups is 1. The molecule has 0 atom stereocenters. The first kappa shape index (κ1) is 11.8. The Labute approximate surface area is 99.0 Å². The third-order valence-corrected chi connectivity index (χ3v) is 2.74. The Morgan fingerprint density at radius 3 is 2.94 bits per heavy atom. The minimum Gasteiger partial charge on any atom is -0.387 e. The fourth-order valence-electron chi connectivity index (χ4n) is 2.03. The number of amides is 2. The number of aliphatic hydroxyl groups excluding tert-OH is 1. The summed E-state index contributed by atoms with van der Waals surface area (Å²) >= 11 is 0. The highest BCUT2D eigenvalue weighted by molar-refractivity contribution is 6.19. The van der Waals surface area contributed by atoms with Crippen molar-refractivity contribution >= 4 is 17.5 Å². The molecule has 17 heavy (non-hydrogen) atoms. The van der Waals surface area contributed by atoms with Crippen LogP contribution < -0.4 is 10.2 Å². The number of carbonyl (C=O) groups is 2. The zero-order valence-corrected chi connectivity index (χ0v) is 9.56. The van der Waals surface area contributed by atoms with Crippen molar-refractivity contribution in [2.45, 2.75) is 13.0 Å². The molecule has 1 aromatic rings. The van der Waals surface area contributed by atoms with Gasteiger partial charge in [0.05, 0.1) is 12.1 Å². The van der Waals surface area contributed by atoms with E-state index < -0.39 is 12.5 Å². The highest BCUT2D eigenvalue weighted by atomic mass is 16.3. The first-order valence-electron chi connectivity index (χ1n) is 5.40. The van der Waals surface area contributed by atoms with Crippen LogP contribution >= 0.6 is 0 Å². The van der Waals surface area contributed by atoms with Crippen LogP contribution in [0.1, 0.15) is 11.1 Å². The predicted octanol–water partition coefficient (Wildman–Crippen LogP) is -0.186. The molecule has 0 aromatic heterocycles. The SMILES string of the molecule is CNCc1ccc2c(c1)CC(=O)N2C(=O)CO. The molecule has 0 aliphatic carbocycles. The number of fused-ring (bicyclic) bond motifs is 1. The second-order valence-corrected chi connectivity index (χ2v) is 3.95. The van der Waals surface area contributed by atoms with Gasteiger partial charge in [0.1, 0.15) is 6.61 Å². The molecule has 5 heteroatoms. The molecular formula is C12H14N2O3. The zero-order chi connectivity index (χ0) is 12.4. The van der Waals surface area contributed by atoms with Gasteiger partial charge in [-0.15, -0.1) is 0 Å². The maximum atomic E-state index is 11.7. The fraction of sp³-hybridized carbons (Fsp3) is 0.333. The van der Waals surface area contributed by atoms with Crippen LogP contribution in [0.5, 0.6) is 0 Å². The number of rotatable bonds is 3. The maximum absolute atomic E-state index is 11.7. The topological polar surface area (TPSA) is 69.6 Å². The van der Waals surface area contributed by atoms with Crippen molar-refractivity contribution < 1.29 is 14.7 Å². The van der Waals surface area contributed by atoms with Crippen LogP contribution in [-0.2, 0) is 22.6 Å². The van der Waals surface area contributed by atoms with Crippen molar-refractivity contribution in [2.75, 3.05) is 18.6 Å². The highest BCUT2D eigenvalue weighted by Crippen LogP contribution is 2.29. The van der Waals surface area contributed by atoms with Gasteiger partial charge in [-0.05, 0) is 24.2 Å². The van der Waals surface area contributed by atoms with E-state index in [1.54, 1.807) is 6.07 Å². The summed E-state index contributed by atoms with van der Waals surface area (Å²) in [6.45, 7) is 0.0683. The van der Waals surface area contributed by atoms with E-state index in [9.17, 15) is 9.59 Å². The Morgan fingerprint density at radius 1 is 1.53 bits per heavy atom. The van der Waals surface area contributed by atoms with Gasteiger partial charge in [0, 0.05) is 6.54 Å². The highest BCUT2D eigenvalue weighted by Gasteiger charge is 2.31. The van der Waals surface area contributed by atoms with Crippen LogP contribution in [0.4, 0.5) is 5.69 Å². The van der Waals surface area contributed by atoms with Crippen molar-refractivity contribution in [1.82, 2.24) is 5.32 Å². The maximum Gasteiger partial charge on any atom is 0.259 e. The molecule has 0 saturated heterocycles. The molecule has 0 unspecified atom stereocenters. The number of anilines is 1. The number of hydrogen-bond acceptors (Lipinski definition) is 4. The lowest BCUT2D eigenvalue weighted by Crippen LogP contribution is -2.35. The van der Waals surface area contributed by atoms with E-state index in [0.29, 0.717) is 5.69 Å².